The van der Waals surface area contributed by atoms with Crippen LogP contribution in [0.2, 0.25) is 0 Å². The van der Waals surface area contributed by atoms with Gasteiger partial charge in [0.25, 0.3) is 0 Å². The number of ketones is 1. The van der Waals surface area contributed by atoms with E-state index in [1.807, 2.05) is 60.7 Å². The summed E-state index contributed by atoms with van der Waals surface area (Å²) >= 11 is 0. The molecule has 0 unspecified atom stereocenters. The molecule has 0 radical (unpaired) electrons. The molecule has 0 aliphatic carbocycles. The van der Waals surface area contributed by atoms with E-state index in [9.17, 15) is 4.79 Å². The molecule has 28 heavy (non-hydrogen) atoms. The van der Waals surface area contributed by atoms with Crippen molar-refractivity contribution in [3.63, 3.8) is 0 Å². The largest absolute Gasteiger partial charge is 0.645 e. The average molecular weight is 406 g/mol. The second-order valence-corrected chi connectivity index (χ2v) is 6.32. The fraction of sp³-hybridized carbons (Fsp3) is 0.0385. The number of rotatable bonds is 4. The molecule has 0 fully saturated rings. The molecule has 0 amide bonds. The Morgan fingerprint density at radius 2 is 1.57 bits per heavy atom. The number of carbonyl (C=O) groups is 1. The first kappa shape index (κ1) is 21.4. The summed E-state index contributed by atoms with van der Waals surface area (Å²) in [6.45, 7) is 2.12. The van der Waals surface area contributed by atoms with E-state index in [4.69, 9.17) is 0 Å². The Balaban J connectivity index is 0.000000198. The van der Waals surface area contributed by atoms with Crippen LogP contribution in [0, 0.1) is 6.92 Å². The summed E-state index contributed by atoms with van der Waals surface area (Å²) in [5.41, 5.74) is 5.70. The van der Waals surface area contributed by atoms with Gasteiger partial charge in [0.2, 0.25) is 0 Å². The van der Waals surface area contributed by atoms with Crippen LogP contribution < -0.4 is 0 Å². The van der Waals surface area contributed by atoms with Crippen molar-refractivity contribution < 1.29 is 21.9 Å². The van der Waals surface area contributed by atoms with Gasteiger partial charge < -0.3 is 46.5 Å². The van der Waals surface area contributed by atoms with Crippen LogP contribution in [0.4, 0.5) is 0 Å². The van der Waals surface area contributed by atoms with Crippen molar-refractivity contribution in [3.8, 4) is 11.1 Å². The molecule has 4 aromatic rings. The van der Waals surface area contributed by atoms with E-state index in [2.05, 4.69) is 55.5 Å². The molecule has 0 aliphatic heterocycles. The third-order valence-corrected chi connectivity index (χ3v) is 4.19. The second kappa shape index (κ2) is 11.0. The van der Waals surface area contributed by atoms with Crippen LogP contribution in [0.3, 0.4) is 0 Å². The normalized spacial score (nSPS) is 10.0. The predicted octanol–water partition coefficient (Wildman–Crippen LogP) is 6.68. The summed E-state index contributed by atoms with van der Waals surface area (Å²) in [6, 6.07) is 34.1. The van der Waals surface area contributed by atoms with E-state index in [1.54, 1.807) is 6.08 Å². The van der Waals surface area contributed by atoms with Crippen LogP contribution in [-0.4, -0.2) is 5.78 Å². The maximum absolute atomic E-state index is 11.6. The van der Waals surface area contributed by atoms with Crippen LogP contribution in [0.15, 0.2) is 109 Å². The number of allylic oxidation sites excluding steroid dienone is 1. The zero-order valence-electron chi connectivity index (χ0n) is 15.7. The first-order valence-electron chi connectivity index (χ1n) is 9.00. The van der Waals surface area contributed by atoms with Gasteiger partial charge in [0, 0.05) is 17.1 Å². The Hall–Kier alpha value is -2.93. The van der Waals surface area contributed by atoms with Gasteiger partial charge in [-0.25, -0.2) is 0 Å². The molecule has 0 aromatic heterocycles. The summed E-state index contributed by atoms with van der Waals surface area (Å²) in [6.07, 6.45) is 3.43. The molecule has 4 rings (SSSR count). The Labute approximate surface area is 177 Å². The Bertz CT molecular complexity index is 978. The molecule has 4 aromatic carbocycles. The van der Waals surface area contributed by atoms with Crippen molar-refractivity contribution in [1.82, 2.24) is 0 Å². The van der Waals surface area contributed by atoms with E-state index in [0.717, 1.165) is 11.1 Å². The van der Waals surface area contributed by atoms with Crippen LogP contribution in [-0.2, 0) is 17.1 Å². The van der Waals surface area contributed by atoms with Crippen molar-refractivity contribution in [2.75, 3.05) is 0 Å². The Morgan fingerprint density at radius 3 is 2.21 bits per heavy atom. The summed E-state index contributed by atoms with van der Waals surface area (Å²) in [5, 5.41) is 0. The third-order valence-electron chi connectivity index (χ3n) is 4.19. The molecule has 0 N–H and O–H groups in total. The zero-order valence-corrected chi connectivity index (χ0v) is 16.8. The first-order chi connectivity index (χ1) is 13.2. The molecule has 2 heteroatoms. The summed E-state index contributed by atoms with van der Waals surface area (Å²) in [7, 11) is 0. The van der Waals surface area contributed by atoms with Crippen molar-refractivity contribution >= 4 is 11.9 Å². The minimum atomic E-state index is 0. The molecular weight excluding hydrogens is 384 g/mol. The average Bonchev–Trinajstić information content (AvgIpc) is 3.41. The molecule has 146 valence electrons. The number of hydrogen-bond donors (Lipinski definition) is 0. The summed E-state index contributed by atoms with van der Waals surface area (Å²) < 4.78 is 0. The molecule has 0 saturated heterocycles. The number of aryl methyl sites for hydroxylation is 1. The summed E-state index contributed by atoms with van der Waals surface area (Å²) in [4.78, 5) is 11.6. The van der Waals surface area contributed by atoms with Crippen LogP contribution in [0.25, 0.3) is 17.2 Å². The van der Waals surface area contributed by atoms with Gasteiger partial charge in [-0.3, -0.25) is 0 Å². The van der Waals surface area contributed by atoms with Gasteiger partial charge in [-0.2, -0.15) is 18.2 Å². The number of carbonyl (C=O) groups excluding carboxylic acids is 1. The quantitative estimate of drug-likeness (QED) is 0.160. The van der Waals surface area contributed by atoms with E-state index in [1.165, 1.54) is 16.7 Å². The van der Waals surface area contributed by atoms with Gasteiger partial charge >= 0.3 is 0 Å². The standard InChI is InChI=1S/C14H11O.C12H11.Fe/c15-14(13-8-4-5-9-13)11-10-12-6-2-1-3-7-12;1-10-5-4-8-12(9-10)11-6-2-3-7-11;/h1-11H;2-9H,1H3;/q-5;-1;. The molecule has 0 saturated carbocycles. The minimum Gasteiger partial charge on any atom is -0.645 e. The maximum Gasteiger partial charge on any atom is 0 e. The van der Waals surface area contributed by atoms with Gasteiger partial charge in [-0.05, 0) is 6.92 Å². The van der Waals surface area contributed by atoms with E-state index < -0.39 is 0 Å². The fourth-order valence-electron chi connectivity index (χ4n) is 2.76. The van der Waals surface area contributed by atoms with Crippen molar-refractivity contribution in [2.24, 2.45) is 0 Å². The van der Waals surface area contributed by atoms with Gasteiger partial charge in [0.15, 0.2) is 0 Å². The third kappa shape index (κ3) is 6.35. The molecule has 1 nitrogen and oxygen atoms in total. The van der Waals surface area contributed by atoms with Crippen molar-refractivity contribution in [2.45, 2.75) is 6.92 Å². The smallest absolute Gasteiger partial charge is 0 e. The molecule has 0 atom stereocenters. The summed E-state index contributed by atoms with van der Waals surface area (Å²) in [5.74, 6) is 0.0452. The molecule has 0 spiro atoms. The Kier molecular flexibility index (Phi) is 8.42. The second-order valence-electron chi connectivity index (χ2n) is 6.32. The van der Waals surface area contributed by atoms with Gasteiger partial charge in [-0.1, -0.05) is 59.2 Å². The van der Waals surface area contributed by atoms with Gasteiger partial charge in [-0.15, -0.1) is 29.8 Å². The zero-order chi connectivity index (χ0) is 18.9. The number of hydrogen-bond acceptors (Lipinski definition) is 1. The van der Waals surface area contributed by atoms with Crippen LogP contribution in [0.1, 0.15) is 21.5 Å². The van der Waals surface area contributed by atoms with Crippen LogP contribution >= 0.6 is 0 Å². The van der Waals surface area contributed by atoms with Crippen molar-refractivity contribution in [3.05, 3.63) is 126 Å². The van der Waals surface area contributed by atoms with E-state index >= 15 is 0 Å². The number of benzene rings is 2. The van der Waals surface area contributed by atoms with Gasteiger partial charge in [0.1, 0.15) is 0 Å². The fourth-order valence-corrected chi connectivity index (χ4v) is 2.76. The Morgan fingerprint density at radius 1 is 0.893 bits per heavy atom. The van der Waals surface area contributed by atoms with E-state index in [-0.39, 0.29) is 22.9 Å². The minimum absolute atomic E-state index is 0. The first-order valence-corrected chi connectivity index (χ1v) is 9.00. The van der Waals surface area contributed by atoms with Crippen molar-refractivity contribution in [1.29, 1.82) is 0 Å². The van der Waals surface area contributed by atoms with Gasteiger partial charge in [0.05, 0.1) is 0 Å². The molecular formula is C26H22FeO-6. The predicted molar refractivity (Wildman–Crippen MR) is 114 cm³/mol. The van der Waals surface area contributed by atoms with E-state index in [0.29, 0.717) is 0 Å². The SMILES string of the molecule is Cc1cccc(-[c-]2cccc2)c1.O=C(C=Cc1ccccc1)[c-]1[cH-][cH-][cH-][cH-]1.[Fe]. The molecule has 0 aliphatic rings. The topological polar surface area (TPSA) is 17.1 Å². The maximum atomic E-state index is 11.6. The monoisotopic (exact) mass is 406 g/mol. The molecule has 0 bridgehead atoms. The molecule has 0 heterocycles. The van der Waals surface area contributed by atoms with Crippen LogP contribution in [0.5, 0.6) is 0 Å².